The molecule has 110 valence electrons. The average molecular weight is 276 g/mol. The Bertz CT molecular complexity index is 486. The lowest BCUT2D eigenvalue weighted by Gasteiger charge is -2.47. The van der Waals surface area contributed by atoms with Gasteiger partial charge in [0.05, 0.1) is 0 Å². The van der Waals surface area contributed by atoms with E-state index in [2.05, 4.69) is 23.6 Å². The highest BCUT2D eigenvalue weighted by Crippen LogP contribution is 2.33. The van der Waals surface area contributed by atoms with Crippen LogP contribution in [0.5, 0.6) is 0 Å². The second-order valence-electron chi connectivity index (χ2n) is 6.69. The second kappa shape index (κ2) is 5.36. The Kier molecular flexibility index (Phi) is 3.72. The van der Waals surface area contributed by atoms with Gasteiger partial charge >= 0.3 is 0 Å². The molecule has 2 aliphatic heterocycles. The lowest BCUT2D eigenvalue weighted by Crippen LogP contribution is -2.58. The fraction of sp³-hybridized carbons (Fsp3) is 0.647. The third-order valence-corrected chi connectivity index (χ3v) is 4.97. The number of nitrogens with zero attached hydrogens (tertiary/aromatic N) is 2. The van der Waals surface area contributed by atoms with E-state index in [0.29, 0.717) is 18.0 Å². The van der Waals surface area contributed by atoms with Crippen LogP contribution in [0.3, 0.4) is 0 Å². The highest BCUT2D eigenvalue weighted by molar-refractivity contribution is 5.55. The number of aryl methyl sites for hydroxylation is 1. The molecule has 1 aromatic carbocycles. The topological polar surface area (TPSA) is 6.48 Å². The van der Waals surface area contributed by atoms with Gasteiger partial charge in [-0.1, -0.05) is 13.8 Å². The highest BCUT2D eigenvalue weighted by Gasteiger charge is 2.37. The van der Waals surface area contributed by atoms with Crippen LogP contribution in [-0.2, 0) is 0 Å². The fourth-order valence-corrected chi connectivity index (χ4v) is 3.83. The zero-order chi connectivity index (χ0) is 14.3. The summed E-state index contributed by atoms with van der Waals surface area (Å²) in [7, 11) is 0. The van der Waals surface area contributed by atoms with Crippen LogP contribution in [-0.4, -0.2) is 36.6 Å². The minimum atomic E-state index is -0.133. The number of hydrogen-bond donors (Lipinski definition) is 0. The van der Waals surface area contributed by atoms with Crippen LogP contribution in [0.1, 0.15) is 32.3 Å². The van der Waals surface area contributed by atoms with Crippen LogP contribution in [0.15, 0.2) is 18.2 Å². The van der Waals surface area contributed by atoms with E-state index in [9.17, 15) is 4.39 Å². The van der Waals surface area contributed by atoms with E-state index in [1.54, 1.807) is 12.1 Å². The Morgan fingerprint density at radius 2 is 2.05 bits per heavy atom. The quantitative estimate of drug-likeness (QED) is 0.816. The molecule has 2 saturated heterocycles. The molecule has 0 radical (unpaired) electrons. The van der Waals surface area contributed by atoms with Crippen LogP contribution in [0.4, 0.5) is 10.1 Å². The van der Waals surface area contributed by atoms with Crippen molar-refractivity contribution in [1.82, 2.24) is 4.90 Å². The number of fused-ring (bicyclic) bond motifs is 1. The summed E-state index contributed by atoms with van der Waals surface area (Å²) in [4.78, 5) is 5.19. The van der Waals surface area contributed by atoms with Gasteiger partial charge in [-0.15, -0.1) is 0 Å². The molecule has 0 aromatic heterocycles. The van der Waals surface area contributed by atoms with Gasteiger partial charge in [-0.2, -0.15) is 0 Å². The van der Waals surface area contributed by atoms with Gasteiger partial charge in [0.2, 0.25) is 0 Å². The SMILES string of the molecule is Cc1cc(F)ccc1N1CC2CCCN2CC1C(C)C. The summed E-state index contributed by atoms with van der Waals surface area (Å²) >= 11 is 0. The minimum absolute atomic E-state index is 0.133. The molecule has 1 aromatic rings. The van der Waals surface area contributed by atoms with Crippen molar-refractivity contribution in [3.8, 4) is 0 Å². The van der Waals surface area contributed by atoms with Gasteiger partial charge in [-0.05, 0) is 56.0 Å². The molecular weight excluding hydrogens is 251 g/mol. The summed E-state index contributed by atoms with van der Waals surface area (Å²) in [5, 5.41) is 0. The van der Waals surface area contributed by atoms with Gasteiger partial charge in [0.15, 0.2) is 0 Å². The van der Waals surface area contributed by atoms with Gasteiger partial charge in [0, 0.05) is 30.9 Å². The van der Waals surface area contributed by atoms with E-state index in [1.807, 2.05) is 13.0 Å². The van der Waals surface area contributed by atoms with E-state index in [1.165, 1.54) is 25.1 Å². The maximum Gasteiger partial charge on any atom is 0.123 e. The monoisotopic (exact) mass is 276 g/mol. The van der Waals surface area contributed by atoms with Gasteiger partial charge in [-0.25, -0.2) is 4.39 Å². The molecule has 2 nitrogen and oxygen atoms in total. The van der Waals surface area contributed by atoms with Crippen molar-refractivity contribution in [3.05, 3.63) is 29.6 Å². The maximum absolute atomic E-state index is 13.4. The first kappa shape index (κ1) is 13.9. The smallest absolute Gasteiger partial charge is 0.123 e. The van der Waals surface area contributed by atoms with Crippen molar-refractivity contribution >= 4 is 5.69 Å². The van der Waals surface area contributed by atoms with Crippen molar-refractivity contribution in [3.63, 3.8) is 0 Å². The summed E-state index contributed by atoms with van der Waals surface area (Å²) in [6.07, 6.45) is 2.63. The number of halogens is 1. The van der Waals surface area contributed by atoms with Crippen LogP contribution < -0.4 is 4.90 Å². The van der Waals surface area contributed by atoms with Crippen LogP contribution in [0.25, 0.3) is 0 Å². The van der Waals surface area contributed by atoms with Crippen molar-refractivity contribution in [1.29, 1.82) is 0 Å². The van der Waals surface area contributed by atoms with Crippen LogP contribution in [0, 0.1) is 18.7 Å². The van der Waals surface area contributed by atoms with Gasteiger partial charge in [0.25, 0.3) is 0 Å². The molecule has 2 atom stereocenters. The number of benzene rings is 1. The molecular formula is C17H25FN2. The summed E-state index contributed by atoms with van der Waals surface area (Å²) in [5.41, 5.74) is 2.28. The first-order chi connectivity index (χ1) is 9.56. The molecule has 0 aliphatic carbocycles. The fourth-order valence-electron chi connectivity index (χ4n) is 3.83. The highest BCUT2D eigenvalue weighted by atomic mass is 19.1. The molecule has 0 amide bonds. The molecule has 0 N–H and O–H groups in total. The lowest BCUT2D eigenvalue weighted by atomic mass is 9.95. The Morgan fingerprint density at radius 1 is 1.25 bits per heavy atom. The first-order valence-electron chi connectivity index (χ1n) is 7.83. The third kappa shape index (κ3) is 2.44. The summed E-state index contributed by atoms with van der Waals surface area (Å²) in [6, 6.07) is 6.45. The Labute approximate surface area is 121 Å². The number of piperazine rings is 1. The Morgan fingerprint density at radius 3 is 2.75 bits per heavy atom. The molecule has 2 aliphatic rings. The van der Waals surface area contributed by atoms with Gasteiger partial charge < -0.3 is 4.90 Å². The molecule has 2 unspecified atom stereocenters. The average Bonchev–Trinajstić information content (AvgIpc) is 2.84. The standard InChI is InChI=1S/C17H25FN2/c1-12(2)17-11-19-8-4-5-15(19)10-20(17)16-7-6-14(18)9-13(16)3/h6-7,9,12,15,17H,4-5,8,10-11H2,1-3H3. The van der Waals surface area contributed by atoms with E-state index in [4.69, 9.17) is 0 Å². The number of anilines is 1. The van der Waals surface area contributed by atoms with Crippen molar-refractivity contribution in [2.75, 3.05) is 24.5 Å². The molecule has 2 fully saturated rings. The minimum Gasteiger partial charge on any atom is -0.365 e. The van der Waals surface area contributed by atoms with Gasteiger partial charge in [0.1, 0.15) is 5.82 Å². The zero-order valence-corrected chi connectivity index (χ0v) is 12.8. The maximum atomic E-state index is 13.4. The molecule has 3 rings (SSSR count). The van der Waals surface area contributed by atoms with Crippen LogP contribution >= 0.6 is 0 Å². The van der Waals surface area contributed by atoms with Crippen LogP contribution in [0.2, 0.25) is 0 Å². The Hall–Kier alpha value is -1.09. The van der Waals surface area contributed by atoms with E-state index in [0.717, 1.165) is 18.7 Å². The summed E-state index contributed by atoms with van der Waals surface area (Å²) in [5.74, 6) is 0.479. The normalized spacial score (nSPS) is 27.1. The van der Waals surface area contributed by atoms with Crippen molar-refractivity contribution < 1.29 is 4.39 Å². The molecule has 0 saturated carbocycles. The van der Waals surface area contributed by atoms with E-state index in [-0.39, 0.29) is 5.82 Å². The Balaban J connectivity index is 1.91. The third-order valence-electron chi connectivity index (χ3n) is 4.97. The van der Waals surface area contributed by atoms with E-state index < -0.39 is 0 Å². The van der Waals surface area contributed by atoms with Gasteiger partial charge in [-0.3, -0.25) is 4.90 Å². The summed E-state index contributed by atoms with van der Waals surface area (Å²) < 4.78 is 13.4. The molecule has 0 spiro atoms. The summed E-state index contributed by atoms with van der Waals surface area (Å²) in [6.45, 7) is 10.1. The molecule has 0 bridgehead atoms. The lowest BCUT2D eigenvalue weighted by molar-refractivity contribution is 0.176. The predicted octanol–water partition coefficient (Wildman–Crippen LogP) is 3.44. The number of hydrogen-bond acceptors (Lipinski definition) is 2. The first-order valence-corrected chi connectivity index (χ1v) is 7.83. The predicted molar refractivity (Wildman–Crippen MR) is 81.7 cm³/mol. The largest absolute Gasteiger partial charge is 0.365 e. The molecule has 2 heterocycles. The molecule has 20 heavy (non-hydrogen) atoms. The van der Waals surface area contributed by atoms with Crippen molar-refractivity contribution in [2.45, 2.75) is 45.7 Å². The zero-order valence-electron chi connectivity index (χ0n) is 12.8. The second-order valence-corrected chi connectivity index (χ2v) is 6.69. The van der Waals surface area contributed by atoms with Crippen molar-refractivity contribution in [2.24, 2.45) is 5.92 Å². The molecule has 3 heteroatoms. The van der Waals surface area contributed by atoms with E-state index >= 15 is 0 Å². The number of rotatable bonds is 2.